The first-order valence-corrected chi connectivity index (χ1v) is 9.78. The highest BCUT2D eigenvalue weighted by atomic mass is 16.5. The zero-order valence-corrected chi connectivity index (χ0v) is 16.2. The van der Waals surface area contributed by atoms with E-state index in [2.05, 4.69) is 35.2 Å². The highest BCUT2D eigenvalue weighted by Gasteiger charge is 2.42. The molecule has 0 bridgehead atoms. The average Bonchev–Trinajstić information content (AvgIpc) is 2.74. The predicted molar refractivity (Wildman–Crippen MR) is 110 cm³/mol. The molecular formula is C24H25NO3. The molecule has 1 aliphatic heterocycles. The van der Waals surface area contributed by atoms with Crippen LogP contribution in [0.4, 0.5) is 5.69 Å². The number of Topliss-reactive ketones (excluding diaryl/α,β-unsaturated/α-hetero) is 1. The first-order chi connectivity index (χ1) is 13.6. The number of hydrogen-bond donors (Lipinski definition) is 0. The lowest BCUT2D eigenvalue weighted by molar-refractivity contribution is -0.120. The Morgan fingerprint density at radius 1 is 1.11 bits per heavy atom. The Hall–Kier alpha value is -2.88. The molecule has 1 atom stereocenters. The highest BCUT2D eigenvalue weighted by Crippen LogP contribution is 2.45. The topological polar surface area (TPSA) is 46.6 Å². The van der Waals surface area contributed by atoms with Crippen molar-refractivity contribution in [1.29, 1.82) is 0 Å². The number of benzene rings is 2. The van der Waals surface area contributed by atoms with E-state index < -0.39 is 0 Å². The molecule has 4 nitrogen and oxygen atoms in total. The van der Waals surface area contributed by atoms with Gasteiger partial charge in [-0.05, 0) is 42.7 Å². The molecule has 4 heteroatoms. The first-order valence-electron chi connectivity index (χ1n) is 9.78. The molecule has 0 N–H and O–H groups in total. The third kappa shape index (κ3) is 3.59. The van der Waals surface area contributed by atoms with Crippen LogP contribution in [-0.4, -0.2) is 32.0 Å². The molecule has 1 saturated carbocycles. The SMILES string of the molecule is COC(=O)c1ccc(N2CC=C3CC(=O)CCC3(Cc3ccccc3)C2)cc1. The number of fused-ring (bicyclic) bond motifs is 1. The van der Waals surface area contributed by atoms with Crippen LogP contribution in [0.1, 0.15) is 35.2 Å². The second-order valence-electron chi connectivity index (χ2n) is 7.81. The number of rotatable bonds is 4. The van der Waals surface area contributed by atoms with Gasteiger partial charge in [-0.1, -0.05) is 42.0 Å². The van der Waals surface area contributed by atoms with Crippen LogP contribution in [0.2, 0.25) is 0 Å². The summed E-state index contributed by atoms with van der Waals surface area (Å²) >= 11 is 0. The fourth-order valence-electron chi connectivity index (χ4n) is 4.51. The van der Waals surface area contributed by atoms with Crippen molar-refractivity contribution >= 4 is 17.4 Å². The molecule has 0 radical (unpaired) electrons. The molecule has 0 spiro atoms. The van der Waals surface area contributed by atoms with Crippen molar-refractivity contribution in [3.8, 4) is 0 Å². The Labute approximate surface area is 165 Å². The average molecular weight is 375 g/mol. The van der Waals surface area contributed by atoms with Gasteiger partial charge in [0.15, 0.2) is 0 Å². The predicted octanol–water partition coefficient (Wildman–Crippen LogP) is 4.20. The normalized spacial score (nSPS) is 21.7. The van der Waals surface area contributed by atoms with Crippen molar-refractivity contribution in [3.63, 3.8) is 0 Å². The number of ketones is 1. The first kappa shape index (κ1) is 18.5. The van der Waals surface area contributed by atoms with Gasteiger partial charge in [0.05, 0.1) is 12.7 Å². The molecule has 144 valence electrons. The molecular weight excluding hydrogens is 350 g/mol. The molecule has 2 aliphatic rings. The number of nitrogens with zero attached hydrogens (tertiary/aromatic N) is 1. The van der Waals surface area contributed by atoms with E-state index in [1.54, 1.807) is 0 Å². The Bertz CT molecular complexity index is 901. The number of carbonyl (C=O) groups excluding carboxylic acids is 2. The van der Waals surface area contributed by atoms with Crippen LogP contribution in [0.5, 0.6) is 0 Å². The van der Waals surface area contributed by atoms with Crippen molar-refractivity contribution in [2.45, 2.75) is 25.7 Å². The summed E-state index contributed by atoms with van der Waals surface area (Å²) in [5.74, 6) is 0.0320. The molecule has 1 aliphatic carbocycles. The van der Waals surface area contributed by atoms with Crippen LogP contribution in [0.15, 0.2) is 66.2 Å². The van der Waals surface area contributed by atoms with E-state index in [0.29, 0.717) is 24.2 Å². The van der Waals surface area contributed by atoms with Crippen molar-refractivity contribution < 1.29 is 14.3 Å². The van der Waals surface area contributed by atoms with Gasteiger partial charge in [-0.2, -0.15) is 0 Å². The summed E-state index contributed by atoms with van der Waals surface area (Å²) in [6.07, 6.45) is 5.33. The molecule has 1 heterocycles. The van der Waals surface area contributed by atoms with E-state index in [9.17, 15) is 9.59 Å². The third-order valence-corrected chi connectivity index (χ3v) is 6.04. The second-order valence-corrected chi connectivity index (χ2v) is 7.81. The summed E-state index contributed by atoms with van der Waals surface area (Å²) in [5, 5.41) is 0. The smallest absolute Gasteiger partial charge is 0.337 e. The molecule has 1 fully saturated rings. The Morgan fingerprint density at radius 3 is 2.57 bits per heavy atom. The van der Waals surface area contributed by atoms with Crippen LogP contribution >= 0.6 is 0 Å². The largest absolute Gasteiger partial charge is 0.465 e. The number of methoxy groups -OCH3 is 1. The molecule has 28 heavy (non-hydrogen) atoms. The summed E-state index contributed by atoms with van der Waals surface area (Å²) in [5.41, 5.74) is 4.25. The zero-order chi connectivity index (χ0) is 19.6. The molecule has 0 aromatic heterocycles. The Kier molecular flexibility index (Phi) is 5.03. The molecule has 0 amide bonds. The van der Waals surface area contributed by atoms with E-state index in [1.807, 2.05) is 30.3 Å². The minimum Gasteiger partial charge on any atom is -0.465 e. The van der Waals surface area contributed by atoms with E-state index in [4.69, 9.17) is 4.74 Å². The lowest BCUT2D eigenvalue weighted by Gasteiger charge is -2.47. The Morgan fingerprint density at radius 2 is 1.86 bits per heavy atom. The lowest BCUT2D eigenvalue weighted by atomic mass is 9.65. The van der Waals surface area contributed by atoms with Crippen LogP contribution in [0, 0.1) is 5.41 Å². The number of ether oxygens (including phenoxy) is 1. The fourth-order valence-corrected chi connectivity index (χ4v) is 4.51. The van der Waals surface area contributed by atoms with Gasteiger partial charge in [-0.3, -0.25) is 4.79 Å². The fraction of sp³-hybridized carbons (Fsp3) is 0.333. The van der Waals surface area contributed by atoms with Gasteiger partial charge in [-0.25, -0.2) is 4.79 Å². The maximum atomic E-state index is 12.1. The van der Waals surface area contributed by atoms with Crippen molar-refractivity contribution in [3.05, 3.63) is 77.4 Å². The van der Waals surface area contributed by atoms with E-state index >= 15 is 0 Å². The number of hydrogen-bond acceptors (Lipinski definition) is 4. The highest BCUT2D eigenvalue weighted by molar-refractivity contribution is 5.89. The summed E-state index contributed by atoms with van der Waals surface area (Å²) in [6, 6.07) is 18.1. The molecule has 0 saturated heterocycles. The molecule has 1 unspecified atom stereocenters. The van der Waals surface area contributed by atoms with Gasteiger partial charge in [0, 0.05) is 37.0 Å². The Balaban J connectivity index is 1.62. The van der Waals surface area contributed by atoms with Gasteiger partial charge in [-0.15, -0.1) is 0 Å². The van der Waals surface area contributed by atoms with Gasteiger partial charge < -0.3 is 9.64 Å². The van der Waals surface area contributed by atoms with Crippen molar-refractivity contribution in [2.75, 3.05) is 25.1 Å². The maximum absolute atomic E-state index is 12.1. The minimum atomic E-state index is -0.321. The van der Waals surface area contributed by atoms with Crippen molar-refractivity contribution in [2.24, 2.45) is 5.41 Å². The van der Waals surface area contributed by atoms with Crippen LogP contribution in [-0.2, 0) is 16.0 Å². The van der Waals surface area contributed by atoms with Crippen LogP contribution in [0.25, 0.3) is 0 Å². The summed E-state index contributed by atoms with van der Waals surface area (Å²) < 4.78 is 4.79. The second kappa shape index (κ2) is 7.63. The van der Waals surface area contributed by atoms with Gasteiger partial charge >= 0.3 is 5.97 Å². The number of anilines is 1. The van der Waals surface area contributed by atoms with Gasteiger partial charge in [0.1, 0.15) is 5.78 Å². The molecule has 4 rings (SSSR count). The third-order valence-electron chi connectivity index (χ3n) is 6.04. The molecule has 2 aromatic carbocycles. The number of esters is 1. The van der Waals surface area contributed by atoms with Crippen molar-refractivity contribution in [1.82, 2.24) is 0 Å². The monoisotopic (exact) mass is 375 g/mol. The maximum Gasteiger partial charge on any atom is 0.337 e. The van der Waals surface area contributed by atoms with Crippen LogP contribution < -0.4 is 4.90 Å². The summed E-state index contributed by atoms with van der Waals surface area (Å²) in [6.45, 7) is 1.68. The van der Waals surface area contributed by atoms with Gasteiger partial charge in [0.25, 0.3) is 0 Å². The standard InChI is InChI=1S/C24H25NO3/c1-28-23(27)19-7-9-21(10-8-19)25-14-12-20-15-22(26)11-13-24(20,17-25)16-18-5-3-2-4-6-18/h2-10,12H,11,13-17H2,1H3. The minimum absolute atomic E-state index is 0.00542. The van der Waals surface area contributed by atoms with Gasteiger partial charge in [0.2, 0.25) is 0 Å². The summed E-state index contributed by atoms with van der Waals surface area (Å²) in [4.78, 5) is 26.1. The zero-order valence-electron chi connectivity index (χ0n) is 16.2. The van der Waals surface area contributed by atoms with Crippen LogP contribution in [0.3, 0.4) is 0 Å². The van der Waals surface area contributed by atoms with E-state index in [0.717, 1.165) is 31.6 Å². The molecule has 2 aromatic rings. The lowest BCUT2D eigenvalue weighted by Crippen LogP contribution is -2.47. The quantitative estimate of drug-likeness (QED) is 0.593. The number of carbonyl (C=O) groups is 2. The summed E-state index contributed by atoms with van der Waals surface area (Å²) in [7, 11) is 1.39. The van der Waals surface area contributed by atoms with E-state index in [1.165, 1.54) is 18.2 Å². The van der Waals surface area contributed by atoms with E-state index in [-0.39, 0.29) is 11.4 Å².